The maximum atomic E-state index is 10.3. The molecular weight excluding hydrogens is 298 g/mol. The molecule has 0 atom stereocenters. The fourth-order valence-electron chi connectivity index (χ4n) is 2.36. The number of aryl methyl sites for hydroxylation is 2. The van der Waals surface area contributed by atoms with Crippen LogP contribution in [0.3, 0.4) is 0 Å². The van der Waals surface area contributed by atoms with E-state index in [1.54, 1.807) is 19.1 Å². The minimum atomic E-state index is 0.123. The minimum absolute atomic E-state index is 0.123. The van der Waals surface area contributed by atoms with Gasteiger partial charge in [0, 0.05) is 5.69 Å². The van der Waals surface area contributed by atoms with Gasteiger partial charge in [-0.05, 0) is 55.4 Å². The van der Waals surface area contributed by atoms with Gasteiger partial charge in [-0.15, -0.1) is 0 Å². The molecule has 112 valence electrons. The maximum absolute atomic E-state index is 10.3. The number of fused-ring (bicyclic) bond motifs is 1. The van der Waals surface area contributed by atoms with Crippen molar-refractivity contribution in [2.24, 2.45) is 5.73 Å². The van der Waals surface area contributed by atoms with Gasteiger partial charge in [0.05, 0.1) is 5.56 Å². The highest BCUT2D eigenvalue weighted by Crippen LogP contribution is 2.36. The van der Waals surface area contributed by atoms with Crippen LogP contribution in [-0.4, -0.2) is 15.2 Å². The number of para-hydroxylation sites is 1. The number of thiocarbonyl (C=S) groups is 1. The van der Waals surface area contributed by atoms with Crippen molar-refractivity contribution in [3.8, 4) is 17.2 Å². The molecule has 4 N–H and O–H groups in total. The van der Waals surface area contributed by atoms with Gasteiger partial charge < -0.3 is 20.6 Å². The molecule has 0 bridgehead atoms. The Bertz CT molecular complexity index is 886. The van der Waals surface area contributed by atoms with E-state index in [0.717, 1.165) is 11.1 Å². The summed E-state index contributed by atoms with van der Waals surface area (Å²) in [7, 11) is 0. The normalized spacial score (nSPS) is 10.8. The van der Waals surface area contributed by atoms with Crippen LogP contribution in [0.25, 0.3) is 22.6 Å². The zero-order chi connectivity index (χ0) is 15.9. The van der Waals surface area contributed by atoms with E-state index in [0.29, 0.717) is 28.3 Å². The fourth-order valence-corrected chi connectivity index (χ4v) is 2.48. The van der Waals surface area contributed by atoms with Crippen molar-refractivity contribution in [1.29, 1.82) is 0 Å². The van der Waals surface area contributed by atoms with Crippen molar-refractivity contribution in [1.82, 2.24) is 4.98 Å². The minimum Gasteiger partial charge on any atom is -0.507 e. The third-order valence-electron chi connectivity index (χ3n) is 3.41. The third kappa shape index (κ3) is 2.48. The highest BCUT2D eigenvalue weighted by atomic mass is 32.1. The topological polar surface area (TPSA) is 84.3 Å². The van der Waals surface area contributed by atoms with Crippen LogP contribution in [0.5, 0.6) is 5.75 Å². The molecular formula is C16H15N3O2S. The summed E-state index contributed by atoms with van der Waals surface area (Å²) in [5, 5.41) is 13.3. The number of hydrogen-bond acceptors (Lipinski definition) is 4. The number of anilines is 1. The fraction of sp³-hybridized carbons (Fsp3) is 0.125. The van der Waals surface area contributed by atoms with E-state index >= 15 is 0 Å². The van der Waals surface area contributed by atoms with E-state index in [2.05, 4.69) is 10.3 Å². The van der Waals surface area contributed by atoms with Crippen molar-refractivity contribution >= 4 is 34.1 Å². The van der Waals surface area contributed by atoms with Crippen LogP contribution in [0.1, 0.15) is 11.1 Å². The van der Waals surface area contributed by atoms with Crippen molar-refractivity contribution in [2.45, 2.75) is 13.8 Å². The molecule has 1 heterocycles. The first-order valence-electron chi connectivity index (χ1n) is 6.72. The molecule has 2 aromatic carbocycles. The van der Waals surface area contributed by atoms with Crippen LogP contribution in [0, 0.1) is 13.8 Å². The number of phenolic OH excluding ortho intramolecular Hbond substituents is 1. The lowest BCUT2D eigenvalue weighted by atomic mass is 10.1. The zero-order valence-electron chi connectivity index (χ0n) is 12.2. The Morgan fingerprint density at radius 2 is 2.05 bits per heavy atom. The smallest absolute Gasteiger partial charge is 0.231 e. The first-order chi connectivity index (χ1) is 10.5. The van der Waals surface area contributed by atoms with E-state index in [4.69, 9.17) is 22.4 Å². The number of aromatic hydroxyl groups is 1. The number of nitrogens with zero attached hydrogens (tertiary/aromatic N) is 1. The number of benzene rings is 2. The molecule has 0 radical (unpaired) electrons. The maximum Gasteiger partial charge on any atom is 0.231 e. The molecule has 0 aliphatic heterocycles. The van der Waals surface area contributed by atoms with Crippen LogP contribution in [0.4, 0.5) is 5.69 Å². The molecule has 0 saturated heterocycles. The van der Waals surface area contributed by atoms with Crippen LogP contribution < -0.4 is 11.1 Å². The quantitative estimate of drug-likeness (QED) is 0.496. The molecule has 5 nitrogen and oxygen atoms in total. The molecule has 0 aliphatic carbocycles. The summed E-state index contributed by atoms with van der Waals surface area (Å²) in [6.45, 7) is 3.74. The zero-order valence-corrected chi connectivity index (χ0v) is 13.0. The molecule has 3 aromatic rings. The average Bonchev–Trinajstić information content (AvgIpc) is 2.87. The van der Waals surface area contributed by atoms with Gasteiger partial charge in [0.1, 0.15) is 11.3 Å². The van der Waals surface area contributed by atoms with Gasteiger partial charge in [-0.25, -0.2) is 4.98 Å². The standard InChI is InChI=1S/C16H15N3O2S/c1-8-4-3-5-12-14(8)21-15(19-12)11-7-10(18-16(17)22)6-9(2)13(11)20/h3-7,20H,1-2H3,(H3,17,18,22). The lowest BCUT2D eigenvalue weighted by Crippen LogP contribution is -2.18. The summed E-state index contributed by atoms with van der Waals surface area (Å²) in [4.78, 5) is 4.45. The third-order valence-corrected chi connectivity index (χ3v) is 3.51. The highest BCUT2D eigenvalue weighted by Gasteiger charge is 2.16. The molecule has 0 unspecified atom stereocenters. The number of oxazole rings is 1. The molecule has 6 heteroatoms. The predicted molar refractivity (Wildman–Crippen MR) is 91.0 cm³/mol. The van der Waals surface area contributed by atoms with Gasteiger partial charge in [-0.2, -0.15) is 0 Å². The number of aromatic nitrogens is 1. The molecule has 0 spiro atoms. The second-order valence-corrected chi connectivity index (χ2v) is 5.56. The summed E-state index contributed by atoms with van der Waals surface area (Å²) in [5.74, 6) is 0.481. The average molecular weight is 313 g/mol. The Kier molecular flexibility index (Phi) is 3.46. The van der Waals surface area contributed by atoms with Gasteiger partial charge in [-0.1, -0.05) is 12.1 Å². The Morgan fingerprint density at radius 1 is 1.27 bits per heavy atom. The van der Waals surface area contributed by atoms with E-state index in [1.807, 2.05) is 25.1 Å². The molecule has 0 fully saturated rings. The molecule has 0 amide bonds. The summed E-state index contributed by atoms with van der Waals surface area (Å²) >= 11 is 4.85. The second kappa shape index (κ2) is 5.31. The van der Waals surface area contributed by atoms with Gasteiger partial charge in [0.2, 0.25) is 5.89 Å². The lowest BCUT2D eigenvalue weighted by molar-refractivity contribution is 0.470. The Morgan fingerprint density at radius 3 is 2.73 bits per heavy atom. The van der Waals surface area contributed by atoms with Crippen molar-refractivity contribution in [2.75, 3.05) is 5.32 Å². The first kappa shape index (κ1) is 14.3. The van der Waals surface area contributed by atoms with E-state index < -0.39 is 0 Å². The van der Waals surface area contributed by atoms with Crippen LogP contribution in [0.15, 0.2) is 34.7 Å². The van der Waals surface area contributed by atoms with Gasteiger partial charge in [0.25, 0.3) is 0 Å². The van der Waals surface area contributed by atoms with Crippen molar-refractivity contribution < 1.29 is 9.52 Å². The first-order valence-corrected chi connectivity index (χ1v) is 7.13. The van der Waals surface area contributed by atoms with Crippen molar-refractivity contribution in [3.63, 3.8) is 0 Å². The van der Waals surface area contributed by atoms with E-state index in [-0.39, 0.29) is 10.9 Å². The molecule has 1 aromatic heterocycles. The van der Waals surface area contributed by atoms with Gasteiger partial charge in [-0.3, -0.25) is 0 Å². The molecule has 3 rings (SSSR count). The van der Waals surface area contributed by atoms with Crippen molar-refractivity contribution in [3.05, 3.63) is 41.5 Å². The van der Waals surface area contributed by atoms with Gasteiger partial charge >= 0.3 is 0 Å². The Labute approximate surface area is 132 Å². The summed E-state index contributed by atoms with van der Waals surface area (Å²) in [6, 6.07) is 9.21. The molecule has 0 saturated carbocycles. The van der Waals surface area contributed by atoms with Crippen LogP contribution in [-0.2, 0) is 0 Å². The summed E-state index contributed by atoms with van der Waals surface area (Å²) < 4.78 is 5.82. The molecule has 0 aliphatic rings. The number of nitrogens with two attached hydrogens (primary N) is 1. The predicted octanol–water partition coefficient (Wildman–Crippen LogP) is 3.47. The monoisotopic (exact) mass is 313 g/mol. The number of phenols is 1. The summed E-state index contributed by atoms with van der Waals surface area (Å²) in [6.07, 6.45) is 0. The molecule has 22 heavy (non-hydrogen) atoms. The van der Waals surface area contributed by atoms with Crippen LogP contribution >= 0.6 is 12.2 Å². The number of nitrogens with one attached hydrogen (secondary N) is 1. The largest absolute Gasteiger partial charge is 0.507 e. The van der Waals surface area contributed by atoms with Gasteiger partial charge in [0.15, 0.2) is 10.7 Å². The number of rotatable bonds is 2. The number of hydrogen-bond donors (Lipinski definition) is 3. The Balaban J connectivity index is 2.18. The second-order valence-electron chi connectivity index (χ2n) is 5.12. The Hall–Kier alpha value is -2.60. The summed E-state index contributed by atoms with van der Waals surface area (Å²) in [5.41, 5.74) is 9.80. The lowest BCUT2D eigenvalue weighted by Gasteiger charge is -2.09. The SMILES string of the molecule is Cc1cc(NC(N)=S)cc(-c2nc3cccc(C)c3o2)c1O. The van der Waals surface area contributed by atoms with Crippen LogP contribution in [0.2, 0.25) is 0 Å². The van der Waals surface area contributed by atoms with E-state index in [1.165, 1.54) is 0 Å². The highest BCUT2D eigenvalue weighted by molar-refractivity contribution is 7.80. The van der Waals surface area contributed by atoms with E-state index in [9.17, 15) is 5.11 Å².